The first kappa shape index (κ1) is 10.9. The van der Waals surface area contributed by atoms with Gasteiger partial charge in [0.25, 0.3) is 0 Å². The molecule has 0 spiro atoms. The number of thiocarbonyl (C=S) groups is 1. The molecule has 0 heterocycles. The minimum atomic E-state index is 0.547. The minimum Gasteiger partial charge on any atom is -0.486 e. The molecule has 0 amide bonds. The van der Waals surface area contributed by atoms with Gasteiger partial charge in [0.15, 0.2) is 5.05 Å². The van der Waals surface area contributed by atoms with Gasteiger partial charge in [0.1, 0.15) is 0 Å². The molecule has 0 N–H and O–H groups in total. The second kappa shape index (κ2) is 4.91. The van der Waals surface area contributed by atoms with Crippen LogP contribution in [0.2, 0.25) is 0 Å². The van der Waals surface area contributed by atoms with Crippen LogP contribution in [0, 0.1) is 6.92 Å². The molecule has 1 aromatic carbocycles. The molecule has 2 heteroatoms. The Labute approximate surface area is 90.4 Å². The zero-order valence-corrected chi connectivity index (χ0v) is 9.36. The van der Waals surface area contributed by atoms with E-state index in [1.165, 1.54) is 11.1 Å². The third-order valence-electron chi connectivity index (χ3n) is 2.16. The summed E-state index contributed by atoms with van der Waals surface area (Å²) in [6.07, 6.45) is 2.70. The van der Waals surface area contributed by atoms with E-state index in [2.05, 4.69) is 19.6 Å². The zero-order valence-electron chi connectivity index (χ0n) is 8.54. The van der Waals surface area contributed by atoms with Gasteiger partial charge in [0, 0.05) is 5.56 Å². The molecule has 0 atom stereocenters. The fraction of sp³-hybridized carbons (Fsp3) is 0.250. The maximum Gasteiger partial charge on any atom is 0.191 e. The average molecular weight is 206 g/mol. The lowest BCUT2D eigenvalue weighted by Gasteiger charge is -2.10. The van der Waals surface area contributed by atoms with Crippen LogP contribution < -0.4 is 0 Å². The molecule has 0 aliphatic carbocycles. The smallest absolute Gasteiger partial charge is 0.191 e. The maximum absolute atomic E-state index is 5.13. The van der Waals surface area contributed by atoms with Gasteiger partial charge >= 0.3 is 0 Å². The molecule has 0 aliphatic heterocycles. The van der Waals surface area contributed by atoms with Gasteiger partial charge in [0.05, 0.1) is 7.11 Å². The molecule has 0 aromatic heterocycles. The van der Waals surface area contributed by atoms with Gasteiger partial charge in [-0.25, -0.2) is 0 Å². The Bertz CT molecular complexity index is 355. The van der Waals surface area contributed by atoms with Gasteiger partial charge in [-0.3, -0.25) is 0 Å². The lowest BCUT2D eigenvalue weighted by molar-refractivity contribution is 0.415. The lowest BCUT2D eigenvalue weighted by atomic mass is 9.99. The predicted molar refractivity (Wildman–Crippen MR) is 63.8 cm³/mol. The summed E-state index contributed by atoms with van der Waals surface area (Å²) >= 11 is 5.13. The highest BCUT2D eigenvalue weighted by atomic mass is 32.1. The highest BCUT2D eigenvalue weighted by Gasteiger charge is 2.08. The molecular weight excluding hydrogens is 192 g/mol. The van der Waals surface area contributed by atoms with E-state index in [1.54, 1.807) is 7.11 Å². The Morgan fingerprint density at radius 1 is 1.57 bits per heavy atom. The Kier molecular flexibility index (Phi) is 3.84. The molecule has 14 heavy (non-hydrogen) atoms. The van der Waals surface area contributed by atoms with Crippen molar-refractivity contribution in [2.24, 2.45) is 0 Å². The average Bonchev–Trinajstić information content (AvgIpc) is 2.20. The second-order valence-electron chi connectivity index (χ2n) is 3.09. The van der Waals surface area contributed by atoms with Crippen LogP contribution in [0.5, 0.6) is 0 Å². The van der Waals surface area contributed by atoms with Crippen molar-refractivity contribution >= 4 is 17.3 Å². The van der Waals surface area contributed by atoms with Crippen LogP contribution in [-0.2, 0) is 11.2 Å². The first-order valence-electron chi connectivity index (χ1n) is 4.48. The van der Waals surface area contributed by atoms with Crippen molar-refractivity contribution in [3.8, 4) is 0 Å². The summed E-state index contributed by atoms with van der Waals surface area (Å²) in [7, 11) is 1.60. The molecule has 1 rings (SSSR count). The number of hydrogen-bond donors (Lipinski definition) is 0. The standard InChI is InChI=1S/C12H14OS/c1-4-6-10-9(2)7-5-8-11(10)12(14)13-3/h4-5,7-8H,1,6H2,2-3H3. The second-order valence-corrected chi connectivity index (χ2v) is 3.46. The van der Waals surface area contributed by atoms with Crippen molar-refractivity contribution in [3.63, 3.8) is 0 Å². The van der Waals surface area contributed by atoms with E-state index >= 15 is 0 Å². The van der Waals surface area contributed by atoms with Gasteiger partial charge < -0.3 is 4.74 Å². The summed E-state index contributed by atoms with van der Waals surface area (Å²) in [4.78, 5) is 0. The number of ether oxygens (including phenoxy) is 1. The third-order valence-corrected chi connectivity index (χ3v) is 2.55. The molecule has 74 valence electrons. The first-order chi connectivity index (χ1) is 6.70. The summed E-state index contributed by atoms with van der Waals surface area (Å²) in [5.41, 5.74) is 3.43. The Morgan fingerprint density at radius 2 is 2.29 bits per heavy atom. The predicted octanol–water partition coefficient (Wildman–Crippen LogP) is 3.05. The van der Waals surface area contributed by atoms with Crippen molar-refractivity contribution in [1.82, 2.24) is 0 Å². The molecule has 0 unspecified atom stereocenters. The molecule has 0 fully saturated rings. The van der Waals surface area contributed by atoms with E-state index in [0.29, 0.717) is 5.05 Å². The quantitative estimate of drug-likeness (QED) is 0.555. The highest BCUT2D eigenvalue weighted by molar-refractivity contribution is 7.80. The largest absolute Gasteiger partial charge is 0.486 e. The van der Waals surface area contributed by atoms with E-state index in [-0.39, 0.29) is 0 Å². The fourth-order valence-corrected chi connectivity index (χ4v) is 1.61. The molecule has 1 aromatic rings. The van der Waals surface area contributed by atoms with Gasteiger partial charge in [-0.2, -0.15) is 0 Å². The van der Waals surface area contributed by atoms with E-state index in [1.807, 2.05) is 18.2 Å². The van der Waals surface area contributed by atoms with Crippen LogP contribution in [0.3, 0.4) is 0 Å². The van der Waals surface area contributed by atoms with Gasteiger partial charge in [-0.15, -0.1) is 6.58 Å². The third kappa shape index (κ3) is 2.20. The first-order valence-corrected chi connectivity index (χ1v) is 4.89. The van der Waals surface area contributed by atoms with Crippen LogP contribution in [0.1, 0.15) is 16.7 Å². The summed E-state index contributed by atoms with van der Waals surface area (Å²) in [6, 6.07) is 6.04. The lowest BCUT2D eigenvalue weighted by Crippen LogP contribution is -2.05. The van der Waals surface area contributed by atoms with Crippen LogP contribution in [0.25, 0.3) is 0 Å². The highest BCUT2D eigenvalue weighted by Crippen LogP contribution is 2.16. The number of rotatable bonds is 3. The number of allylic oxidation sites excluding steroid dienone is 1. The van der Waals surface area contributed by atoms with Gasteiger partial charge in [-0.05, 0) is 36.7 Å². The Morgan fingerprint density at radius 3 is 2.86 bits per heavy atom. The van der Waals surface area contributed by atoms with Crippen molar-refractivity contribution in [3.05, 3.63) is 47.5 Å². The van der Waals surface area contributed by atoms with Crippen molar-refractivity contribution in [2.45, 2.75) is 13.3 Å². The van der Waals surface area contributed by atoms with E-state index in [0.717, 1.165) is 12.0 Å². The molecule has 0 radical (unpaired) electrons. The fourth-order valence-electron chi connectivity index (χ4n) is 1.42. The molecule has 0 bridgehead atoms. The van der Waals surface area contributed by atoms with Crippen LogP contribution in [0.4, 0.5) is 0 Å². The molecule has 1 nitrogen and oxygen atoms in total. The minimum absolute atomic E-state index is 0.547. The Balaban J connectivity index is 3.20. The summed E-state index contributed by atoms with van der Waals surface area (Å²) in [5, 5.41) is 0.547. The van der Waals surface area contributed by atoms with Crippen molar-refractivity contribution in [2.75, 3.05) is 7.11 Å². The summed E-state index contributed by atoms with van der Waals surface area (Å²) in [6.45, 7) is 5.81. The topological polar surface area (TPSA) is 9.23 Å². The molecule has 0 saturated carbocycles. The normalized spacial score (nSPS) is 9.57. The monoisotopic (exact) mass is 206 g/mol. The van der Waals surface area contributed by atoms with Crippen LogP contribution >= 0.6 is 12.2 Å². The van der Waals surface area contributed by atoms with Crippen molar-refractivity contribution in [1.29, 1.82) is 0 Å². The molecule has 0 aliphatic rings. The zero-order chi connectivity index (χ0) is 10.6. The van der Waals surface area contributed by atoms with E-state index in [4.69, 9.17) is 17.0 Å². The van der Waals surface area contributed by atoms with Gasteiger partial charge in [-0.1, -0.05) is 24.3 Å². The van der Waals surface area contributed by atoms with E-state index in [9.17, 15) is 0 Å². The summed E-state index contributed by atoms with van der Waals surface area (Å²) in [5.74, 6) is 0. The molecular formula is C12H14OS. The number of benzene rings is 1. The Hall–Kier alpha value is -1.15. The summed E-state index contributed by atoms with van der Waals surface area (Å²) < 4.78 is 5.08. The van der Waals surface area contributed by atoms with Crippen LogP contribution in [-0.4, -0.2) is 12.2 Å². The SMILES string of the molecule is C=CCc1c(C)cccc1C(=S)OC. The number of methoxy groups -OCH3 is 1. The van der Waals surface area contributed by atoms with Gasteiger partial charge in [0.2, 0.25) is 0 Å². The number of hydrogen-bond acceptors (Lipinski definition) is 2. The van der Waals surface area contributed by atoms with Crippen molar-refractivity contribution < 1.29 is 4.74 Å². The van der Waals surface area contributed by atoms with Crippen LogP contribution in [0.15, 0.2) is 30.9 Å². The molecule has 0 saturated heterocycles. The maximum atomic E-state index is 5.13. The van der Waals surface area contributed by atoms with E-state index < -0.39 is 0 Å². The number of aryl methyl sites for hydroxylation is 1.